The summed E-state index contributed by atoms with van der Waals surface area (Å²) >= 11 is 0. The van der Waals surface area contributed by atoms with Crippen molar-refractivity contribution in [3.63, 3.8) is 0 Å². The summed E-state index contributed by atoms with van der Waals surface area (Å²) in [5.74, 6) is 0.416. The molecule has 1 aromatic heterocycles. The highest BCUT2D eigenvalue weighted by atomic mass is 16.1. The second kappa shape index (κ2) is 3.92. The Labute approximate surface area is 87.6 Å². The van der Waals surface area contributed by atoms with Crippen molar-refractivity contribution < 1.29 is 4.79 Å². The van der Waals surface area contributed by atoms with Crippen molar-refractivity contribution in [1.29, 1.82) is 0 Å². The molecule has 0 saturated carbocycles. The summed E-state index contributed by atoms with van der Waals surface area (Å²) in [6, 6.07) is 12.8. The van der Waals surface area contributed by atoms with Gasteiger partial charge in [0, 0.05) is 11.1 Å². The molecule has 0 saturated heterocycles. The van der Waals surface area contributed by atoms with Crippen LogP contribution in [-0.4, -0.2) is 11.3 Å². The summed E-state index contributed by atoms with van der Waals surface area (Å²) in [6.07, 6.45) is 0.786. The van der Waals surface area contributed by atoms with Gasteiger partial charge in [-0.2, -0.15) is 0 Å². The van der Waals surface area contributed by atoms with Gasteiger partial charge < -0.3 is 5.73 Å². The minimum absolute atomic E-state index is 0.416. The fraction of sp³-hybridized carbons (Fsp3) is 0. The predicted molar refractivity (Wildman–Crippen MR) is 59.5 cm³/mol. The summed E-state index contributed by atoms with van der Waals surface area (Å²) in [6.45, 7) is 0. The lowest BCUT2D eigenvalue weighted by Gasteiger charge is -2.04. The third-order valence-electron chi connectivity index (χ3n) is 2.12. The quantitative estimate of drug-likeness (QED) is 0.752. The van der Waals surface area contributed by atoms with Crippen LogP contribution >= 0.6 is 0 Å². The second-order valence-corrected chi connectivity index (χ2v) is 3.16. The van der Waals surface area contributed by atoms with Crippen LogP contribution in [0.5, 0.6) is 0 Å². The van der Waals surface area contributed by atoms with Crippen molar-refractivity contribution in [2.75, 3.05) is 5.73 Å². The summed E-state index contributed by atoms with van der Waals surface area (Å²) < 4.78 is 0. The summed E-state index contributed by atoms with van der Waals surface area (Å²) in [4.78, 5) is 15.0. The monoisotopic (exact) mass is 198 g/mol. The van der Waals surface area contributed by atoms with E-state index in [9.17, 15) is 4.79 Å². The van der Waals surface area contributed by atoms with Gasteiger partial charge in [0.15, 0.2) is 6.29 Å². The number of aromatic nitrogens is 1. The highest BCUT2D eigenvalue weighted by Crippen LogP contribution is 2.20. The molecule has 2 aromatic rings. The van der Waals surface area contributed by atoms with Crippen LogP contribution in [0.1, 0.15) is 10.4 Å². The number of benzene rings is 1. The molecule has 0 amide bonds. The minimum atomic E-state index is 0.416. The van der Waals surface area contributed by atoms with E-state index in [0.717, 1.165) is 11.8 Å². The predicted octanol–water partition coefficient (Wildman–Crippen LogP) is 2.14. The molecule has 74 valence electrons. The first-order valence-corrected chi connectivity index (χ1v) is 4.58. The van der Waals surface area contributed by atoms with Crippen molar-refractivity contribution in [1.82, 2.24) is 4.98 Å². The Hall–Kier alpha value is -2.16. The van der Waals surface area contributed by atoms with Gasteiger partial charge in [-0.15, -0.1) is 0 Å². The van der Waals surface area contributed by atoms with Crippen molar-refractivity contribution in [3.05, 3.63) is 48.0 Å². The van der Waals surface area contributed by atoms with Gasteiger partial charge in [-0.05, 0) is 12.1 Å². The first-order valence-electron chi connectivity index (χ1n) is 4.58. The van der Waals surface area contributed by atoms with E-state index in [-0.39, 0.29) is 0 Å². The number of nitrogen functional groups attached to an aromatic ring is 1. The Kier molecular flexibility index (Phi) is 2.46. The Balaban J connectivity index is 2.61. The van der Waals surface area contributed by atoms with E-state index < -0.39 is 0 Å². The fourth-order valence-electron chi connectivity index (χ4n) is 1.41. The number of hydrogen-bond donors (Lipinski definition) is 1. The van der Waals surface area contributed by atoms with E-state index in [1.165, 1.54) is 0 Å². The molecule has 1 aromatic carbocycles. The SMILES string of the molecule is Nc1ccc(C=O)c(-c2ccccc2)n1. The average Bonchev–Trinajstić information content (AvgIpc) is 2.30. The average molecular weight is 198 g/mol. The molecule has 2 N–H and O–H groups in total. The molecule has 0 spiro atoms. The standard InChI is InChI=1S/C12H10N2O/c13-11-7-6-10(8-15)12(14-11)9-4-2-1-3-5-9/h1-8H,(H2,13,14). The van der Waals surface area contributed by atoms with Crippen LogP contribution in [0.3, 0.4) is 0 Å². The minimum Gasteiger partial charge on any atom is -0.384 e. The number of rotatable bonds is 2. The van der Waals surface area contributed by atoms with Crippen LogP contribution in [0.2, 0.25) is 0 Å². The Morgan fingerprint density at radius 1 is 1.07 bits per heavy atom. The van der Waals surface area contributed by atoms with Gasteiger partial charge in [-0.1, -0.05) is 30.3 Å². The van der Waals surface area contributed by atoms with E-state index in [0.29, 0.717) is 17.1 Å². The molecule has 2 rings (SSSR count). The zero-order valence-electron chi connectivity index (χ0n) is 8.05. The highest BCUT2D eigenvalue weighted by Gasteiger charge is 2.05. The number of nitrogens with zero attached hydrogens (tertiary/aromatic N) is 1. The van der Waals surface area contributed by atoms with E-state index in [2.05, 4.69) is 4.98 Å². The highest BCUT2D eigenvalue weighted by molar-refractivity contribution is 5.86. The Morgan fingerprint density at radius 2 is 1.80 bits per heavy atom. The van der Waals surface area contributed by atoms with Gasteiger partial charge in [0.25, 0.3) is 0 Å². The molecule has 0 bridgehead atoms. The molecule has 0 radical (unpaired) electrons. The van der Waals surface area contributed by atoms with Crippen LogP contribution in [0.15, 0.2) is 42.5 Å². The van der Waals surface area contributed by atoms with Crippen LogP contribution in [0, 0.1) is 0 Å². The summed E-state index contributed by atoms with van der Waals surface area (Å²) in [5.41, 5.74) is 7.67. The largest absolute Gasteiger partial charge is 0.384 e. The molecule has 1 heterocycles. The number of pyridine rings is 1. The van der Waals surface area contributed by atoms with Gasteiger partial charge in [-0.3, -0.25) is 4.79 Å². The van der Waals surface area contributed by atoms with Crippen molar-refractivity contribution in [3.8, 4) is 11.3 Å². The van der Waals surface area contributed by atoms with Crippen molar-refractivity contribution in [2.24, 2.45) is 0 Å². The molecule has 3 nitrogen and oxygen atoms in total. The third-order valence-corrected chi connectivity index (χ3v) is 2.12. The van der Waals surface area contributed by atoms with E-state index in [1.807, 2.05) is 30.3 Å². The van der Waals surface area contributed by atoms with Gasteiger partial charge in [0.2, 0.25) is 0 Å². The maximum atomic E-state index is 10.8. The lowest BCUT2D eigenvalue weighted by Crippen LogP contribution is -1.96. The normalized spacial score (nSPS) is 9.87. The van der Waals surface area contributed by atoms with Gasteiger partial charge >= 0.3 is 0 Å². The van der Waals surface area contributed by atoms with Gasteiger partial charge in [-0.25, -0.2) is 4.98 Å². The summed E-state index contributed by atoms with van der Waals surface area (Å²) in [7, 11) is 0. The molecule has 0 aliphatic rings. The second-order valence-electron chi connectivity index (χ2n) is 3.16. The first-order chi connectivity index (χ1) is 7.31. The van der Waals surface area contributed by atoms with Crippen molar-refractivity contribution in [2.45, 2.75) is 0 Å². The molecule has 0 atom stereocenters. The zero-order valence-corrected chi connectivity index (χ0v) is 8.05. The molecule has 3 heteroatoms. The zero-order chi connectivity index (χ0) is 10.7. The number of hydrogen-bond acceptors (Lipinski definition) is 3. The van der Waals surface area contributed by atoms with Crippen molar-refractivity contribution >= 4 is 12.1 Å². The van der Waals surface area contributed by atoms with E-state index >= 15 is 0 Å². The van der Waals surface area contributed by atoms with Crippen LogP contribution in [-0.2, 0) is 0 Å². The molecule has 0 unspecified atom stereocenters. The summed E-state index contributed by atoms with van der Waals surface area (Å²) in [5, 5.41) is 0. The molecular weight excluding hydrogens is 188 g/mol. The topological polar surface area (TPSA) is 56.0 Å². The molecular formula is C12H10N2O. The van der Waals surface area contributed by atoms with Gasteiger partial charge in [0.05, 0.1) is 5.69 Å². The fourth-order valence-corrected chi connectivity index (χ4v) is 1.41. The number of anilines is 1. The Morgan fingerprint density at radius 3 is 2.47 bits per heavy atom. The molecule has 15 heavy (non-hydrogen) atoms. The maximum absolute atomic E-state index is 10.8. The maximum Gasteiger partial charge on any atom is 0.152 e. The number of nitrogens with two attached hydrogens (primary N) is 1. The lowest BCUT2D eigenvalue weighted by atomic mass is 10.1. The molecule has 0 aliphatic carbocycles. The number of carbonyl (C=O) groups is 1. The number of carbonyl (C=O) groups excluding carboxylic acids is 1. The first kappa shape index (κ1) is 9.40. The van der Waals surface area contributed by atoms with Gasteiger partial charge in [0.1, 0.15) is 5.82 Å². The number of aldehydes is 1. The smallest absolute Gasteiger partial charge is 0.152 e. The van der Waals surface area contributed by atoms with E-state index in [1.54, 1.807) is 12.1 Å². The van der Waals surface area contributed by atoms with Crippen LogP contribution < -0.4 is 5.73 Å². The van der Waals surface area contributed by atoms with Crippen LogP contribution in [0.25, 0.3) is 11.3 Å². The molecule has 0 aliphatic heterocycles. The van der Waals surface area contributed by atoms with Crippen LogP contribution in [0.4, 0.5) is 5.82 Å². The molecule has 0 fully saturated rings. The van der Waals surface area contributed by atoms with E-state index in [4.69, 9.17) is 5.73 Å². The lowest BCUT2D eigenvalue weighted by molar-refractivity contribution is 0.112. The third kappa shape index (κ3) is 1.86. The Bertz CT molecular complexity index is 480.